The highest BCUT2D eigenvalue weighted by atomic mass is 32.1. The van der Waals surface area contributed by atoms with Gasteiger partial charge in [0, 0.05) is 36.2 Å². The second-order valence-corrected chi connectivity index (χ2v) is 7.98. The van der Waals surface area contributed by atoms with Crippen LogP contribution in [0, 0.1) is 5.92 Å². The molecule has 5 heteroatoms. The summed E-state index contributed by atoms with van der Waals surface area (Å²) in [6.45, 7) is 7.16. The lowest BCUT2D eigenvalue weighted by Gasteiger charge is -2.15. The first-order valence-electron chi connectivity index (χ1n) is 7.83. The van der Waals surface area contributed by atoms with Crippen molar-refractivity contribution in [2.45, 2.75) is 64.3 Å². The number of carbonyl (C=O) groups is 1. The van der Waals surface area contributed by atoms with Gasteiger partial charge in [-0.05, 0) is 18.8 Å². The summed E-state index contributed by atoms with van der Waals surface area (Å²) >= 11 is 1.68. The Morgan fingerprint density at radius 1 is 1.48 bits per heavy atom. The Bertz CT molecular complexity index is 478. The quantitative estimate of drug-likeness (QED) is 0.878. The minimum Gasteiger partial charge on any atom is -0.356 e. The highest BCUT2D eigenvalue weighted by Gasteiger charge is 2.25. The Morgan fingerprint density at radius 3 is 2.81 bits per heavy atom. The number of hydrogen-bond donors (Lipinski definition) is 2. The molecule has 2 atom stereocenters. The van der Waals surface area contributed by atoms with Crippen molar-refractivity contribution in [2.75, 3.05) is 6.54 Å². The van der Waals surface area contributed by atoms with Gasteiger partial charge in [0.2, 0.25) is 5.91 Å². The number of nitrogens with two attached hydrogens (primary N) is 1. The van der Waals surface area contributed by atoms with E-state index >= 15 is 0 Å². The van der Waals surface area contributed by atoms with E-state index in [1.807, 2.05) is 0 Å². The molecule has 0 aromatic carbocycles. The van der Waals surface area contributed by atoms with Crippen molar-refractivity contribution >= 4 is 17.2 Å². The van der Waals surface area contributed by atoms with Gasteiger partial charge in [-0.15, -0.1) is 11.3 Å². The van der Waals surface area contributed by atoms with Crippen molar-refractivity contribution < 1.29 is 4.79 Å². The molecule has 0 aliphatic heterocycles. The molecule has 1 aromatic heterocycles. The van der Waals surface area contributed by atoms with Crippen LogP contribution in [0.4, 0.5) is 0 Å². The minimum atomic E-state index is 0.0939. The first-order valence-corrected chi connectivity index (χ1v) is 8.71. The van der Waals surface area contributed by atoms with Gasteiger partial charge in [0.1, 0.15) is 0 Å². The fourth-order valence-corrected chi connectivity index (χ4v) is 3.73. The van der Waals surface area contributed by atoms with Crippen molar-refractivity contribution in [1.82, 2.24) is 10.3 Å². The van der Waals surface area contributed by atoms with Crippen LogP contribution in [-0.4, -0.2) is 23.5 Å². The number of rotatable bonds is 5. The molecule has 0 spiro atoms. The summed E-state index contributed by atoms with van der Waals surface area (Å²) in [5.74, 6) is 0.502. The number of hydrogen-bond acceptors (Lipinski definition) is 4. The highest BCUT2D eigenvalue weighted by molar-refractivity contribution is 7.09. The van der Waals surface area contributed by atoms with Gasteiger partial charge in [-0.25, -0.2) is 4.98 Å². The smallest absolute Gasteiger partial charge is 0.220 e. The molecule has 3 N–H and O–H groups in total. The van der Waals surface area contributed by atoms with E-state index in [1.165, 1.54) is 0 Å². The van der Waals surface area contributed by atoms with Crippen LogP contribution < -0.4 is 11.1 Å². The lowest BCUT2D eigenvalue weighted by Crippen LogP contribution is -2.32. The molecule has 1 aliphatic rings. The lowest BCUT2D eigenvalue weighted by molar-refractivity contribution is -0.122. The first kappa shape index (κ1) is 16.4. The number of nitrogens with one attached hydrogen (secondary N) is 1. The van der Waals surface area contributed by atoms with Crippen molar-refractivity contribution in [3.05, 3.63) is 16.1 Å². The maximum absolute atomic E-state index is 11.9. The van der Waals surface area contributed by atoms with Crippen LogP contribution in [0.5, 0.6) is 0 Å². The number of aromatic nitrogens is 1. The van der Waals surface area contributed by atoms with E-state index in [9.17, 15) is 4.79 Å². The molecule has 1 fully saturated rings. The van der Waals surface area contributed by atoms with Crippen LogP contribution in [0.15, 0.2) is 5.38 Å². The SMILES string of the molecule is CC(C)(C)c1csc(CCNC(=O)C[C@@H]2CCC[C@H]2N)n1. The van der Waals surface area contributed by atoms with Crippen LogP contribution >= 0.6 is 11.3 Å². The zero-order valence-electron chi connectivity index (χ0n) is 13.3. The Hall–Kier alpha value is -0.940. The Balaban J connectivity index is 1.71. The molecule has 0 bridgehead atoms. The standard InChI is InChI=1S/C16H27N3OS/c1-16(2,3)13-10-21-15(19-13)7-8-18-14(20)9-11-5-4-6-12(11)17/h10-12H,4-9,17H2,1-3H3,(H,18,20)/t11-,12+/m0/s1. The maximum Gasteiger partial charge on any atom is 0.220 e. The number of carbonyl (C=O) groups excluding carboxylic acids is 1. The van der Waals surface area contributed by atoms with Crippen LogP contribution in [0.25, 0.3) is 0 Å². The van der Waals surface area contributed by atoms with Crippen molar-refractivity contribution in [3.63, 3.8) is 0 Å². The van der Waals surface area contributed by atoms with E-state index in [0.29, 0.717) is 18.9 Å². The number of amides is 1. The van der Waals surface area contributed by atoms with Gasteiger partial charge in [0.15, 0.2) is 0 Å². The van der Waals surface area contributed by atoms with Crippen LogP contribution in [-0.2, 0) is 16.6 Å². The van der Waals surface area contributed by atoms with Gasteiger partial charge >= 0.3 is 0 Å². The van der Waals surface area contributed by atoms with Crippen LogP contribution in [0.2, 0.25) is 0 Å². The summed E-state index contributed by atoms with van der Waals surface area (Å²) < 4.78 is 0. The zero-order valence-corrected chi connectivity index (χ0v) is 14.1. The summed E-state index contributed by atoms with van der Waals surface area (Å²) in [4.78, 5) is 16.6. The van der Waals surface area contributed by atoms with Crippen molar-refractivity contribution in [2.24, 2.45) is 11.7 Å². The van der Waals surface area contributed by atoms with Gasteiger partial charge < -0.3 is 11.1 Å². The van der Waals surface area contributed by atoms with E-state index in [2.05, 4.69) is 36.5 Å². The van der Waals surface area contributed by atoms with Gasteiger partial charge in [-0.3, -0.25) is 4.79 Å². The summed E-state index contributed by atoms with van der Waals surface area (Å²) in [6, 6.07) is 0.212. The topological polar surface area (TPSA) is 68.0 Å². The van der Waals surface area contributed by atoms with E-state index in [4.69, 9.17) is 5.73 Å². The third-order valence-corrected chi connectivity index (χ3v) is 5.06. The molecule has 1 saturated carbocycles. The number of nitrogens with zero attached hydrogens (tertiary/aromatic N) is 1. The molecule has 21 heavy (non-hydrogen) atoms. The molecule has 0 unspecified atom stereocenters. The predicted molar refractivity (Wildman–Crippen MR) is 87.5 cm³/mol. The average molecular weight is 309 g/mol. The summed E-state index contributed by atoms with van der Waals surface area (Å²) in [7, 11) is 0. The Morgan fingerprint density at radius 2 is 2.24 bits per heavy atom. The molecular weight excluding hydrogens is 282 g/mol. The molecule has 118 valence electrons. The number of thiazole rings is 1. The van der Waals surface area contributed by atoms with Gasteiger partial charge in [0.25, 0.3) is 0 Å². The van der Waals surface area contributed by atoms with Crippen molar-refractivity contribution in [1.29, 1.82) is 0 Å². The second-order valence-electron chi connectivity index (χ2n) is 7.04. The van der Waals surface area contributed by atoms with Gasteiger partial charge in [0.05, 0.1) is 10.7 Å². The molecule has 4 nitrogen and oxygen atoms in total. The summed E-state index contributed by atoms with van der Waals surface area (Å²) in [5, 5.41) is 6.21. The largest absolute Gasteiger partial charge is 0.356 e. The van der Waals surface area contributed by atoms with Gasteiger partial charge in [-0.1, -0.05) is 27.2 Å². The Kier molecular flexibility index (Phi) is 5.38. The molecule has 1 aromatic rings. The lowest BCUT2D eigenvalue weighted by atomic mass is 9.93. The third kappa shape index (κ3) is 4.78. The van der Waals surface area contributed by atoms with E-state index in [-0.39, 0.29) is 17.4 Å². The van der Waals surface area contributed by atoms with Gasteiger partial charge in [-0.2, -0.15) is 0 Å². The third-order valence-electron chi connectivity index (χ3n) is 4.15. The molecular formula is C16H27N3OS. The normalized spacial score (nSPS) is 22.5. The Labute approximate surface area is 131 Å². The fourth-order valence-electron chi connectivity index (χ4n) is 2.71. The molecule has 2 rings (SSSR count). The summed E-state index contributed by atoms with van der Waals surface area (Å²) in [5.41, 5.74) is 7.23. The maximum atomic E-state index is 11.9. The van der Waals surface area contributed by atoms with Crippen LogP contribution in [0.1, 0.15) is 57.2 Å². The molecule has 1 aliphatic carbocycles. The molecule has 0 radical (unpaired) electrons. The molecule has 0 saturated heterocycles. The zero-order chi connectivity index (χ0) is 15.5. The average Bonchev–Trinajstić information content (AvgIpc) is 2.99. The minimum absolute atomic E-state index is 0.0939. The first-order chi connectivity index (χ1) is 9.86. The summed E-state index contributed by atoms with van der Waals surface area (Å²) in [6.07, 6.45) is 4.70. The molecule has 1 heterocycles. The van der Waals surface area contributed by atoms with E-state index in [1.54, 1.807) is 11.3 Å². The second kappa shape index (κ2) is 6.88. The predicted octanol–water partition coefficient (Wildman–Crippen LogP) is 2.62. The molecule has 1 amide bonds. The fraction of sp³-hybridized carbons (Fsp3) is 0.750. The van der Waals surface area contributed by atoms with Crippen molar-refractivity contribution in [3.8, 4) is 0 Å². The van der Waals surface area contributed by atoms with E-state index < -0.39 is 0 Å². The van der Waals surface area contributed by atoms with E-state index in [0.717, 1.165) is 36.4 Å². The highest BCUT2D eigenvalue weighted by Crippen LogP contribution is 2.26. The van der Waals surface area contributed by atoms with Crippen LogP contribution in [0.3, 0.4) is 0 Å². The monoisotopic (exact) mass is 309 g/mol.